The summed E-state index contributed by atoms with van der Waals surface area (Å²) in [6.07, 6.45) is 1.44. The number of nitrogens with zero attached hydrogens (tertiary/aromatic N) is 1. The lowest BCUT2D eigenvalue weighted by molar-refractivity contribution is 0.151. The summed E-state index contributed by atoms with van der Waals surface area (Å²) in [6, 6.07) is 4.88. The van der Waals surface area contributed by atoms with Gasteiger partial charge in [0.1, 0.15) is 5.82 Å². The van der Waals surface area contributed by atoms with E-state index in [0.717, 1.165) is 32.6 Å². The summed E-state index contributed by atoms with van der Waals surface area (Å²) in [5.41, 5.74) is 0.680. The first-order valence-electron chi connectivity index (χ1n) is 6.73. The van der Waals surface area contributed by atoms with Gasteiger partial charge in [-0.2, -0.15) is 0 Å². The number of aliphatic hydroxyl groups excluding tert-OH is 1. The maximum absolute atomic E-state index is 14.1. The molecule has 0 aliphatic carbocycles. The van der Waals surface area contributed by atoms with Gasteiger partial charge in [0.25, 0.3) is 0 Å². The molecular weight excluding hydrogens is 267 g/mol. The van der Waals surface area contributed by atoms with Crippen molar-refractivity contribution < 1.29 is 9.50 Å². The van der Waals surface area contributed by atoms with Crippen LogP contribution in [-0.4, -0.2) is 42.8 Å². The molecule has 0 spiro atoms. The Bertz CT molecular complexity index is 410. The summed E-state index contributed by atoms with van der Waals surface area (Å²) in [5, 5.41) is 12.7. The van der Waals surface area contributed by atoms with E-state index in [1.54, 1.807) is 12.1 Å². The number of hydrogen-bond acceptors (Lipinski definition) is 3. The molecule has 0 amide bonds. The molecule has 1 atom stereocenters. The molecule has 2 N–H and O–H groups in total. The van der Waals surface area contributed by atoms with Crippen LogP contribution in [0.4, 0.5) is 4.39 Å². The van der Waals surface area contributed by atoms with Crippen molar-refractivity contribution in [2.24, 2.45) is 0 Å². The molecule has 2 rings (SSSR count). The first-order valence-corrected chi connectivity index (χ1v) is 7.10. The van der Waals surface area contributed by atoms with Crippen LogP contribution in [0.15, 0.2) is 18.2 Å². The molecule has 1 saturated heterocycles. The van der Waals surface area contributed by atoms with Gasteiger partial charge in [0.2, 0.25) is 0 Å². The summed E-state index contributed by atoms with van der Waals surface area (Å²) < 4.78 is 14.1. The zero-order valence-electron chi connectivity index (χ0n) is 10.9. The summed E-state index contributed by atoms with van der Waals surface area (Å²) in [7, 11) is 0. The van der Waals surface area contributed by atoms with Crippen LogP contribution in [0.1, 0.15) is 24.4 Å². The fourth-order valence-corrected chi connectivity index (χ4v) is 2.74. The first kappa shape index (κ1) is 14.7. The molecular formula is C14H20ClFN2O. The van der Waals surface area contributed by atoms with Crippen molar-refractivity contribution in [2.75, 3.05) is 32.8 Å². The van der Waals surface area contributed by atoms with Crippen molar-refractivity contribution in [2.45, 2.75) is 18.9 Å². The third kappa shape index (κ3) is 3.89. The van der Waals surface area contributed by atoms with E-state index in [9.17, 15) is 4.39 Å². The smallest absolute Gasteiger partial charge is 0.129 e. The van der Waals surface area contributed by atoms with Crippen molar-refractivity contribution in [3.05, 3.63) is 34.6 Å². The molecule has 1 aromatic rings. The van der Waals surface area contributed by atoms with Gasteiger partial charge in [-0.25, -0.2) is 4.39 Å². The van der Waals surface area contributed by atoms with Crippen LogP contribution in [0, 0.1) is 5.82 Å². The zero-order chi connectivity index (χ0) is 13.7. The number of rotatable bonds is 5. The van der Waals surface area contributed by atoms with Gasteiger partial charge in [0.15, 0.2) is 0 Å². The molecule has 1 aliphatic rings. The predicted octanol–water partition coefficient (Wildman–Crippen LogP) is 2.20. The number of aliphatic hydroxyl groups is 1. The van der Waals surface area contributed by atoms with Crippen LogP contribution in [0.5, 0.6) is 0 Å². The quantitative estimate of drug-likeness (QED) is 0.871. The van der Waals surface area contributed by atoms with Crippen LogP contribution in [0.2, 0.25) is 5.02 Å². The molecule has 5 heteroatoms. The highest BCUT2D eigenvalue weighted by Gasteiger charge is 2.24. The molecule has 0 bridgehead atoms. The van der Waals surface area contributed by atoms with Gasteiger partial charge in [0, 0.05) is 49.4 Å². The predicted molar refractivity (Wildman–Crippen MR) is 74.9 cm³/mol. The van der Waals surface area contributed by atoms with Gasteiger partial charge in [-0.3, -0.25) is 4.90 Å². The largest absolute Gasteiger partial charge is 0.396 e. The molecule has 3 nitrogen and oxygen atoms in total. The van der Waals surface area contributed by atoms with Gasteiger partial charge < -0.3 is 10.4 Å². The third-order valence-corrected chi connectivity index (χ3v) is 3.78. The van der Waals surface area contributed by atoms with Crippen molar-refractivity contribution in [3.63, 3.8) is 0 Å². The minimum absolute atomic E-state index is 0.0199. The summed E-state index contributed by atoms with van der Waals surface area (Å²) in [4.78, 5) is 2.28. The van der Waals surface area contributed by atoms with E-state index in [4.69, 9.17) is 16.7 Å². The lowest BCUT2D eigenvalue weighted by atomic mass is 9.99. The number of piperazine rings is 1. The topological polar surface area (TPSA) is 35.5 Å². The van der Waals surface area contributed by atoms with Crippen molar-refractivity contribution >= 4 is 11.6 Å². The normalized spacial score (nSPS) is 18.5. The molecule has 1 aliphatic heterocycles. The lowest BCUT2D eigenvalue weighted by Gasteiger charge is -2.35. The Kier molecular flexibility index (Phi) is 5.58. The molecule has 1 aromatic carbocycles. The number of halogens is 2. The summed E-state index contributed by atoms with van der Waals surface area (Å²) >= 11 is 5.81. The fourth-order valence-electron chi connectivity index (χ4n) is 2.58. The SMILES string of the molecule is OCCC[C@@H](c1ccc(Cl)cc1F)N1CCNCC1. The molecule has 0 aromatic heterocycles. The third-order valence-electron chi connectivity index (χ3n) is 3.55. The Hall–Kier alpha value is -0.680. The number of nitrogens with one attached hydrogen (secondary N) is 1. The van der Waals surface area contributed by atoms with Crippen LogP contribution in [-0.2, 0) is 0 Å². The average Bonchev–Trinajstić information content (AvgIpc) is 2.42. The van der Waals surface area contributed by atoms with Gasteiger partial charge >= 0.3 is 0 Å². The highest BCUT2D eigenvalue weighted by molar-refractivity contribution is 6.30. The summed E-state index contributed by atoms with van der Waals surface area (Å²) in [5.74, 6) is -0.256. The molecule has 1 fully saturated rings. The van der Waals surface area contributed by atoms with E-state index in [1.807, 2.05) is 0 Å². The number of hydrogen-bond donors (Lipinski definition) is 2. The summed E-state index contributed by atoms with van der Waals surface area (Å²) in [6.45, 7) is 3.78. The molecule has 0 radical (unpaired) electrons. The maximum atomic E-state index is 14.1. The highest BCUT2D eigenvalue weighted by atomic mass is 35.5. The lowest BCUT2D eigenvalue weighted by Crippen LogP contribution is -2.45. The number of benzene rings is 1. The maximum Gasteiger partial charge on any atom is 0.129 e. The highest BCUT2D eigenvalue weighted by Crippen LogP contribution is 2.29. The van der Waals surface area contributed by atoms with Crippen LogP contribution >= 0.6 is 11.6 Å². The fraction of sp³-hybridized carbons (Fsp3) is 0.571. The Labute approximate surface area is 118 Å². The second-order valence-corrected chi connectivity index (χ2v) is 5.27. The van der Waals surface area contributed by atoms with Crippen molar-refractivity contribution in [1.82, 2.24) is 10.2 Å². The molecule has 19 heavy (non-hydrogen) atoms. The van der Waals surface area contributed by atoms with Gasteiger partial charge in [-0.1, -0.05) is 17.7 Å². The second kappa shape index (κ2) is 7.20. The van der Waals surface area contributed by atoms with Crippen molar-refractivity contribution in [3.8, 4) is 0 Å². The molecule has 0 saturated carbocycles. The van der Waals surface area contributed by atoms with Gasteiger partial charge in [-0.05, 0) is 25.0 Å². The van der Waals surface area contributed by atoms with Crippen LogP contribution in [0.3, 0.4) is 0 Å². The van der Waals surface area contributed by atoms with E-state index in [0.29, 0.717) is 17.0 Å². The Balaban J connectivity index is 2.19. The standard InChI is InChI=1S/C14H20ClFN2O/c15-11-3-4-12(13(16)10-11)14(2-1-9-19)18-7-5-17-6-8-18/h3-4,10,14,17,19H,1-2,5-9H2/t14-/m0/s1. The minimum Gasteiger partial charge on any atom is -0.396 e. The van der Waals surface area contributed by atoms with E-state index in [2.05, 4.69) is 10.2 Å². The van der Waals surface area contributed by atoms with Gasteiger partial charge in [0.05, 0.1) is 0 Å². The monoisotopic (exact) mass is 286 g/mol. The Morgan fingerprint density at radius 2 is 2.11 bits per heavy atom. The first-order chi connectivity index (χ1) is 9.22. The van der Waals surface area contributed by atoms with E-state index < -0.39 is 0 Å². The average molecular weight is 287 g/mol. The Morgan fingerprint density at radius 1 is 1.37 bits per heavy atom. The van der Waals surface area contributed by atoms with E-state index in [1.165, 1.54) is 6.07 Å². The van der Waals surface area contributed by atoms with Crippen LogP contribution < -0.4 is 5.32 Å². The molecule has 106 valence electrons. The van der Waals surface area contributed by atoms with Gasteiger partial charge in [-0.15, -0.1) is 0 Å². The van der Waals surface area contributed by atoms with E-state index >= 15 is 0 Å². The van der Waals surface area contributed by atoms with Crippen LogP contribution in [0.25, 0.3) is 0 Å². The molecule has 1 heterocycles. The minimum atomic E-state index is -0.256. The van der Waals surface area contributed by atoms with Crippen molar-refractivity contribution in [1.29, 1.82) is 0 Å². The second-order valence-electron chi connectivity index (χ2n) is 4.83. The van der Waals surface area contributed by atoms with E-state index in [-0.39, 0.29) is 18.5 Å². The molecule has 0 unspecified atom stereocenters. The Morgan fingerprint density at radius 3 is 2.74 bits per heavy atom. The zero-order valence-corrected chi connectivity index (χ0v) is 11.7.